The highest BCUT2D eigenvalue weighted by atomic mass is 16.5. The van der Waals surface area contributed by atoms with Gasteiger partial charge in [0.15, 0.2) is 13.2 Å². The molecule has 25 heavy (non-hydrogen) atoms. The van der Waals surface area contributed by atoms with Crippen molar-refractivity contribution in [3.8, 4) is 11.5 Å². The summed E-state index contributed by atoms with van der Waals surface area (Å²) >= 11 is 0. The molecule has 6 heteroatoms. The van der Waals surface area contributed by atoms with Crippen LogP contribution in [0.2, 0.25) is 0 Å². The van der Waals surface area contributed by atoms with Gasteiger partial charge in [0.2, 0.25) is 0 Å². The molecule has 0 saturated carbocycles. The fourth-order valence-electron chi connectivity index (χ4n) is 2.40. The van der Waals surface area contributed by atoms with Crippen LogP contribution in [-0.4, -0.2) is 15.2 Å². The summed E-state index contributed by atoms with van der Waals surface area (Å²) in [5.41, 5.74) is 0.803. The Hall–Kier alpha value is -3.41. The van der Waals surface area contributed by atoms with Crippen LogP contribution >= 0.6 is 0 Å². The Morgan fingerprint density at radius 2 is 1.52 bits per heavy atom. The topological polar surface area (TPSA) is 70.3 Å². The number of rotatable bonds is 6. The van der Waals surface area contributed by atoms with Gasteiger partial charge in [0, 0.05) is 11.6 Å². The molecule has 0 fully saturated rings. The molecule has 0 saturated heterocycles. The zero-order valence-electron chi connectivity index (χ0n) is 13.3. The quantitative estimate of drug-likeness (QED) is 0.535. The minimum Gasteiger partial charge on any atom is -0.484 e. The lowest BCUT2D eigenvalue weighted by Gasteiger charge is -2.06. The molecule has 2 aromatic heterocycles. The fourth-order valence-corrected chi connectivity index (χ4v) is 2.40. The van der Waals surface area contributed by atoms with Gasteiger partial charge in [-0.25, -0.2) is 0 Å². The number of ether oxygens (including phenoxy) is 2. The summed E-state index contributed by atoms with van der Waals surface area (Å²) in [5, 5.41) is 8.97. The second kappa shape index (κ2) is 7.00. The van der Waals surface area contributed by atoms with Gasteiger partial charge in [-0.15, -0.1) is 10.2 Å². The van der Waals surface area contributed by atoms with Crippen molar-refractivity contribution in [1.82, 2.24) is 15.2 Å². The number of para-hydroxylation sites is 2. The van der Waals surface area contributed by atoms with Crippen molar-refractivity contribution in [1.29, 1.82) is 0 Å². The summed E-state index contributed by atoms with van der Waals surface area (Å²) in [6.07, 6.45) is 1.74. The third-order valence-corrected chi connectivity index (χ3v) is 3.56. The molecule has 4 rings (SSSR count). The van der Waals surface area contributed by atoms with E-state index in [1.54, 1.807) is 6.20 Å². The molecule has 0 unspecified atom stereocenters. The molecule has 0 amide bonds. The lowest BCUT2D eigenvalue weighted by molar-refractivity contribution is 0.233. The van der Waals surface area contributed by atoms with Crippen LogP contribution < -0.4 is 9.47 Å². The highest BCUT2D eigenvalue weighted by Gasteiger charge is 2.09. The standard InChI is InChI=1S/C19H15N3O3/c1-2-8-15(9-3-1)23-12-17-21-22-18(25-17)13-24-16-10-4-6-14-7-5-11-20-19(14)16/h1-11H,12-13H2. The number of hydrogen-bond acceptors (Lipinski definition) is 6. The van der Waals surface area contributed by atoms with Gasteiger partial charge in [-0.3, -0.25) is 4.98 Å². The van der Waals surface area contributed by atoms with Crippen molar-refractivity contribution >= 4 is 10.9 Å². The molecule has 6 nitrogen and oxygen atoms in total. The highest BCUT2D eigenvalue weighted by molar-refractivity contribution is 5.84. The van der Waals surface area contributed by atoms with E-state index in [1.165, 1.54) is 0 Å². The Bertz CT molecular complexity index is 964. The molecule has 0 aliphatic rings. The predicted octanol–water partition coefficient (Wildman–Crippen LogP) is 3.78. The maximum absolute atomic E-state index is 5.78. The van der Waals surface area contributed by atoms with Crippen LogP contribution in [-0.2, 0) is 13.2 Å². The second-order valence-electron chi connectivity index (χ2n) is 5.31. The zero-order valence-corrected chi connectivity index (χ0v) is 13.3. The van der Waals surface area contributed by atoms with Crippen LogP contribution in [0.4, 0.5) is 0 Å². The van der Waals surface area contributed by atoms with Gasteiger partial charge in [0.05, 0.1) is 0 Å². The van der Waals surface area contributed by atoms with Crippen LogP contribution in [0, 0.1) is 0 Å². The van der Waals surface area contributed by atoms with E-state index < -0.39 is 0 Å². The Morgan fingerprint density at radius 3 is 2.36 bits per heavy atom. The first-order valence-corrected chi connectivity index (χ1v) is 7.84. The molecule has 0 radical (unpaired) electrons. The van der Waals surface area contributed by atoms with Gasteiger partial charge < -0.3 is 13.9 Å². The van der Waals surface area contributed by atoms with Crippen molar-refractivity contribution in [3.63, 3.8) is 0 Å². The van der Waals surface area contributed by atoms with Gasteiger partial charge in [-0.1, -0.05) is 36.4 Å². The van der Waals surface area contributed by atoms with E-state index in [0.717, 1.165) is 16.7 Å². The molecule has 0 bridgehead atoms. The van der Waals surface area contributed by atoms with Crippen molar-refractivity contribution in [2.24, 2.45) is 0 Å². The number of aromatic nitrogens is 3. The van der Waals surface area contributed by atoms with E-state index >= 15 is 0 Å². The fraction of sp³-hybridized carbons (Fsp3) is 0.105. The minimum absolute atomic E-state index is 0.175. The predicted molar refractivity (Wildman–Crippen MR) is 91.1 cm³/mol. The maximum Gasteiger partial charge on any atom is 0.254 e. The summed E-state index contributed by atoms with van der Waals surface area (Å²) in [7, 11) is 0. The molecule has 4 aromatic rings. The second-order valence-corrected chi connectivity index (χ2v) is 5.31. The van der Waals surface area contributed by atoms with E-state index in [9.17, 15) is 0 Å². The Balaban J connectivity index is 1.39. The number of fused-ring (bicyclic) bond motifs is 1. The van der Waals surface area contributed by atoms with Gasteiger partial charge in [-0.2, -0.15) is 0 Å². The number of benzene rings is 2. The first-order chi connectivity index (χ1) is 12.4. The Morgan fingerprint density at radius 1 is 0.760 bits per heavy atom. The summed E-state index contributed by atoms with van der Waals surface area (Å²) in [5.74, 6) is 2.22. The first kappa shape index (κ1) is 15.1. The average molecular weight is 333 g/mol. The van der Waals surface area contributed by atoms with Gasteiger partial charge in [0.25, 0.3) is 11.8 Å². The lowest BCUT2D eigenvalue weighted by Crippen LogP contribution is -1.97. The monoisotopic (exact) mass is 333 g/mol. The summed E-state index contributed by atoms with van der Waals surface area (Å²) in [6, 6.07) is 19.1. The molecule has 0 N–H and O–H groups in total. The smallest absolute Gasteiger partial charge is 0.254 e. The summed E-state index contributed by atoms with van der Waals surface area (Å²) in [6.45, 7) is 0.390. The molecule has 2 heterocycles. The van der Waals surface area contributed by atoms with Crippen molar-refractivity contribution in [2.45, 2.75) is 13.2 Å². The van der Waals surface area contributed by atoms with Gasteiger partial charge in [0.1, 0.15) is 17.0 Å². The molecule has 0 spiro atoms. The lowest BCUT2D eigenvalue weighted by atomic mass is 10.2. The number of hydrogen-bond donors (Lipinski definition) is 0. The summed E-state index contributed by atoms with van der Waals surface area (Å²) < 4.78 is 16.9. The maximum atomic E-state index is 5.78. The van der Waals surface area contributed by atoms with E-state index in [1.807, 2.05) is 60.7 Å². The highest BCUT2D eigenvalue weighted by Crippen LogP contribution is 2.23. The number of pyridine rings is 1. The zero-order chi connectivity index (χ0) is 16.9. The number of nitrogens with zero attached hydrogens (tertiary/aromatic N) is 3. The van der Waals surface area contributed by atoms with E-state index in [4.69, 9.17) is 13.9 Å². The third-order valence-electron chi connectivity index (χ3n) is 3.56. The molecule has 0 atom stereocenters. The molecule has 0 aliphatic carbocycles. The normalized spacial score (nSPS) is 10.7. The van der Waals surface area contributed by atoms with Crippen molar-refractivity contribution in [3.05, 3.63) is 78.6 Å². The van der Waals surface area contributed by atoms with Crippen LogP contribution in [0.5, 0.6) is 11.5 Å². The van der Waals surface area contributed by atoms with Crippen LogP contribution in [0.15, 0.2) is 71.3 Å². The average Bonchev–Trinajstić information content (AvgIpc) is 3.13. The largest absolute Gasteiger partial charge is 0.484 e. The molecule has 0 aliphatic heterocycles. The minimum atomic E-state index is 0.175. The van der Waals surface area contributed by atoms with Crippen LogP contribution in [0.25, 0.3) is 10.9 Å². The van der Waals surface area contributed by atoms with E-state index in [0.29, 0.717) is 17.5 Å². The Labute approximate surface area is 144 Å². The van der Waals surface area contributed by atoms with E-state index in [-0.39, 0.29) is 13.2 Å². The SMILES string of the molecule is c1ccc(OCc2nnc(COc3cccc4cccnc34)o2)cc1. The van der Waals surface area contributed by atoms with E-state index in [2.05, 4.69) is 15.2 Å². The van der Waals surface area contributed by atoms with Crippen LogP contribution in [0.1, 0.15) is 11.8 Å². The molecule has 2 aromatic carbocycles. The first-order valence-electron chi connectivity index (χ1n) is 7.84. The summed E-state index contributed by atoms with van der Waals surface area (Å²) in [4.78, 5) is 4.35. The molecule has 124 valence electrons. The van der Waals surface area contributed by atoms with Crippen LogP contribution in [0.3, 0.4) is 0 Å². The van der Waals surface area contributed by atoms with Crippen molar-refractivity contribution in [2.75, 3.05) is 0 Å². The third kappa shape index (κ3) is 3.58. The molecular weight excluding hydrogens is 318 g/mol. The van der Waals surface area contributed by atoms with Gasteiger partial charge >= 0.3 is 0 Å². The Kier molecular flexibility index (Phi) is 4.24. The van der Waals surface area contributed by atoms with Gasteiger partial charge in [-0.05, 0) is 24.3 Å². The molecular formula is C19H15N3O3. The van der Waals surface area contributed by atoms with Crippen molar-refractivity contribution < 1.29 is 13.9 Å².